The zero-order chi connectivity index (χ0) is 15.9. The molecule has 0 bridgehead atoms. The molecule has 7 nitrogen and oxygen atoms in total. The highest BCUT2D eigenvalue weighted by atomic mass is 32.2. The van der Waals surface area contributed by atoms with Crippen LogP contribution in [0.5, 0.6) is 0 Å². The van der Waals surface area contributed by atoms with E-state index in [0.29, 0.717) is 11.4 Å². The van der Waals surface area contributed by atoms with E-state index in [4.69, 9.17) is 0 Å². The lowest BCUT2D eigenvalue weighted by Crippen LogP contribution is -2.37. The van der Waals surface area contributed by atoms with Crippen LogP contribution in [0.3, 0.4) is 0 Å². The Morgan fingerprint density at radius 1 is 1.41 bits per heavy atom. The van der Waals surface area contributed by atoms with Crippen LogP contribution in [0, 0.1) is 6.92 Å². The maximum Gasteiger partial charge on any atom is 0.251 e. The van der Waals surface area contributed by atoms with E-state index in [-0.39, 0.29) is 18.6 Å². The maximum absolute atomic E-state index is 12.2. The average molecular weight is 321 g/mol. The quantitative estimate of drug-likeness (QED) is 0.784. The van der Waals surface area contributed by atoms with Crippen molar-refractivity contribution in [3.8, 4) is 5.69 Å². The van der Waals surface area contributed by atoms with E-state index >= 15 is 0 Å². The Hall–Kier alpha value is -1.93. The molecule has 2 rings (SSSR count). The van der Waals surface area contributed by atoms with E-state index in [1.165, 1.54) is 0 Å². The van der Waals surface area contributed by atoms with Crippen molar-refractivity contribution in [3.63, 3.8) is 0 Å². The fraction of sp³-hybridized carbons (Fsp3) is 0.429. The molecular formula is C14H19N5O2S. The van der Waals surface area contributed by atoms with Gasteiger partial charge in [-0.1, -0.05) is 0 Å². The molecule has 22 heavy (non-hydrogen) atoms. The minimum atomic E-state index is -0.221. The van der Waals surface area contributed by atoms with E-state index in [1.807, 2.05) is 6.26 Å². The standard InChI is InChI=1S/C14H19N5O2S/c1-10-16-17-18-19(10)13-5-3-11(4-6-13)14(21)15-12(9-20)7-8-22-2/h3-6,12,20H,7-9H2,1-2H3,(H,15,21)/t12-/m1/s1. The summed E-state index contributed by atoms with van der Waals surface area (Å²) in [5, 5.41) is 23.4. The number of rotatable bonds is 7. The van der Waals surface area contributed by atoms with Gasteiger partial charge in [0.1, 0.15) is 0 Å². The van der Waals surface area contributed by atoms with Crippen molar-refractivity contribution in [2.45, 2.75) is 19.4 Å². The van der Waals surface area contributed by atoms with Crippen LogP contribution in [0.25, 0.3) is 5.69 Å². The van der Waals surface area contributed by atoms with Crippen LogP contribution in [0.1, 0.15) is 22.6 Å². The first-order chi connectivity index (χ1) is 10.7. The van der Waals surface area contributed by atoms with Gasteiger partial charge in [0.25, 0.3) is 5.91 Å². The number of thioether (sulfide) groups is 1. The van der Waals surface area contributed by atoms with Crippen molar-refractivity contribution in [2.75, 3.05) is 18.6 Å². The van der Waals surface area contributed by atoms with Crippen LogP contribution in [0.2, 0.25) is 0 Å². The molecule has 8 heteroatoms. The molecule has 0 aliphatic heterocycles. The third-order valence-electron chi connectivity index (χ3n) is 3.23. The fourth-order valence-corrected chi connectivity index (χ4v) is 2.48. The number of benzene rings is 1. The number of amides is 1. The molecule has 0 radical (unpaired) electrons. The van der Waals surface area contributed by atoms with Crippen LogP contribution < -0.4 is 5.32 Å². The second-order valence-electron chi connectivity index (χ2n) is 4.82. The number of nitrogens with one attached hydrogen (secondary N) is 1. The molecule has 0 spiro atoms. The van der Waals surface area contributed by atoms with E-state index in [0.717, 1.165) is 17.9 Å². The van der Waals surface area contributed by atoms with Gasteiger partial charge in [0.2, 0.25) is 0 Å². The van der Waals surface area contributed by atoms with Gasteiger partial charge in [-0.3, -0.25) is 4.79 Å². The van der Waals surface area contributed by atoms with Crippen molar-refractivity contribution < 1.29 is 9.90 Å². The van der Waals surface area contributed by atoms with Gasteiger partial charge in [-0.15, -0.1) is 5.10 Å². The number of carbonyl (C=O) groups is 1. The lowest BCUT2D eigenvalue weighted by atomic mass is 10.1. The van der Waals surface area contributed by atoms with Crippen molar-refractivity contribution >= 4 is 17.7 Å². The number of hydrogen-bond acceptors (Lipinski definition) is 6. The lowest BCUT2D eigenvalue weighted by Gasteiger charge is -2.15. The second kappa shape index (κ2) is 7.90. The van der Waals surface area contributed by atoms with Gasteiger partial charge in [-0.05, 0) is 60.0 Å². The van der Waals surface area contributed by atoms with Crippen LogP contribution in [0.15, 0.2) is 24.3 Å². The minimum absolute atomic E-state index is 0.0613. The van der Waals surface area contributed by atoms with Crippen molar-refractivity contribution in [2.24, 2.45) is 0 Å². The number of hydrogen-bond donors (Lipinski definition) is 2. The number of carbonyl (C=O) groups excluding carboxylic acids is 1. The van der Waals surface area contributed by atoms with Crippen molar-refractivity contribution in [1.29, 1.82) is 0 Å². The molecule has 0 fully saturated rings. The van der Waals surface area contributed by atoms with E-state index < -0.39 is 0 Å². The third kappa shape index (κ3) is 4.05. The molecule has 2 N–H and O–H groups in total. The summed E-state index contributed by atoms with van der Waals surface area (Å²) in [5.41, 5.74) is 1.33. The largest absolute Gasteiger partial charge is 0.394 e. The molecule has 0 saturated carbocycles. The Kier molecular flexibility index (Phi) is 5.91. The summed E-state index contributed by atoms with van der Waals surface area (Å²) in [7, 11) is 0. The first kappa shape index (κ1) is 16.4. The smallest absolute Gasteiger partial charge is 0.251 e. The fourth-order valence-electron chi connectivity index (χ4n) is 1.96. The lowest BCUT2D eigenvalue weighted by molar-refractivity contribution is 0.0915. The van der Waals surface area contributed by atoms with Crippen LogP contribution in [-0.4, -0.2) is 55.9 Å². The van der Waals surface area contributed by atoms with Crippen LogP contribution >= 0.6 is 11.8 Å². The molecule has 2 aromatic rings. The van der Waals surface area contributed by atoms with E-state index in [1.54, 1.807) is 47.6 Å². The molecule has 118 valence electrons. The van der Waals surface area contributed by atoms with E-state index in [2.05, 4.69) is 20.8 Å². The summed E-state index contributed by atoms with van der Waals surface area (Å²) in [4.78, 5) is 12.2. The van der Waals surface area contributed by atoms with Crippen molar-refractivity contribution in [3.05, 3.63) is 35.7 Å². The van der Waals surface area contributed by atoms with Gasteiger partial charge in [0, 0.05) is 5.56 Å². The molecular weight excluding hydrogens is 302 g/mol. The number of aromatic nitrogens is 4. The van der Waals surface area contributed by atoms with Gasteiger partial charge in [-0.2, -0.15) is 16.4 Å². The Bertz CT molecular complexity index is 614. The third-order valence-corrected chi connectivity index (χ3v) is 3.87. The number of aliphatic hydroxyl groups excluding tert-OH is 1. The summed E-state index contributed by atoms with van der Waals surface area (Å²) < 4.78 is 1.59. The van der Waals surface area contributed by atoms with Crippen molar-refractivity contribution in [1.82, 2.24) is 25.5 Å². The Morgan fingerprint density at radius 3 is 2.68 bits per heavy atom. The zero-order valence-corrected chi connectivity index (χ0v) is 13.4. The second-order valence-corrected chi connectivity index (χ2v) is 5.80. The molecule has 1 amide bonds. The van der Waals surface area contributed by atoms with Gasteiger partial charge in [-0.25, -0.2) is 0 Å². The number of aryl methyl sites for hydroxylation is 1. The molecule has 1 heterocycles. The first-order valence-electron chi connectivity index (χ1n) is 6.91. The molecule has 0 aliphatic carbocycles. The predicted octanol–water partition coefficient (Wildman–Crippen LogP) is 0.815. The maximum atomic E-state index is 12.2. The molecule has 1 aromatic carbocycles. The highest BCUT2D eigenvalue weighted by molar-refractivity contribution is 7.98. The highest BCUT2D eigenvalue weighted by Gasteiger charge is 2.13. The molecule has 0 unspecified atom stereocenters. The first-order valence-corrected chi connectivity index (χ1v) is 8.31. The predicted molar refractivity (Wildman–Crippen MR) is 85.2 cm³/mol. The topological polar surface area (TPSA) is 92.9 Å². The molecule has 0 aliphatic rings. The Balaban J connectivity index is 2.03. The van der Waals surface area contributed by atoms with Crippen LogP contribution in [-0.2, 0) is 0 Å². The summed E-state index contributed by atoms with van der Waals surface area (Å²) in [6.45, 7) is 1.74. The summed E-state index contributed by atoms with van der Waals surface area (Å²) in [6, 6.07) is 6.78. The zero-order valence-electron chi connectivity index (χ0n) is 12.6. The van der Waals surface area contributed by atoms with E-state index in [9.17, 15) is 9.90 Å². The molecule has 0 saturated heterocycles. The normalized spacial score (nSPS) is 12.1. The average Bonchev–Trinajstić information content (AvgIpc) is 2.97. The van der Waals surface area contributed by atoms with Gasteiger partial charge in [0.15, 0.2) is 5.82 Å². The van der Waals surface area contributed by atoms with Gasteiger partial charge in [0.05, 0.1) is 18.3 Å². The summed E-state index contributed by atoms with van der Waals surface area (Å²) >= 11 is 1.69. The summed E-state index contributed by atoms with van der Waals surface area (Å²) in [6.07, 6.45) is 2.74. The summed E-state index contributed by atoms with van der Waals surface area (Å²) in [5.74, 6) is 1.37. The number of nitrogens with zero attached hydrogens (tertiary/aromatic N) is 4. The Morgan fingerprint density at radius 2 is 2.14 bits per heavy atom. The monoisotopic (exact) mass is 321 g/mol. The SMILES string of the molecule is CSCC[C@H](CO)NC(=O)c1ccc(-n2nnnc2C)cc1. The van der Waals surface area contributed by atoms with Gasteiger partial charge >= 0.3 is 0 Å². The number of aliphatic hydroxyl groups is 1. The molecule has 1 aromatic heterocycles. The Labute approximate surface area is 133 Å². The number of tetrazole rings is 1. The highest BCUT2D eigenvalue weighted by Crippen LogP contribution is 2.10. The minimum Gasteiger partial charge on any atom is -0.394 e. The van der Waals surface area contributed by atoms with Crippen LogP contribution in [0.4, 0.5) is 0 Å². The molecule has 1 atom stereocenters. The van der Waals surface area contributed by atoms with Gasteiger partial charge < -0.3 is 10.4 Å².